The van der Waals surface area contributed by atoms with Crippen molar-refractivity contribution in [2.24, 2.45) is 0 Å². The lowest BCUT2D eigenvalue weighted by atomic mass is 10.5. The van der Waals surface area contributed by atoms with E-state index in [4.69, 9.17) is 5.11 Å². The summed E-state index contributed by atoms with van der Waals surface area (Å²) in [6.07, 6.45) is 1.08. The molecule has 0 aliphatic rings. The zero-order chi connectivity index (χ0) is 10.1. The molecule has 0 aromatic carbocycles. The number of hydrogen-bond acceptors (Lipinski definition) is 5. The highest BCUT2D eigenvalue weighted by molar-refractivity contribution is 7.90. The normalized spacial score (nSPS) is 11.5. The molecule has 0 aliphatic heterocycles. The van der Waals surface area contributed by atoms with Crippen LogP contribution in [0.25, 0.3) is 0 Å². The van der Waals surface area contributed by atoms with Gasteiger partial charge in [-0.15, -0.1) is 11.3 Å². The number of carbonyl (C=O) groups is 1. The highest BCUT2D eigenvalue weighted by atomic mass is 32.2. The highest BCUT2D eigenvalue weighted by Gasteiger charge is 2.12. The van der Waals surface area contributed by atoms with Crippen LogP contribution in [0.15, 0.2) is 5.38 Å². The second-order valence-electron chi connectivity index (χ2n) is 2.50. The summed E-state index contributed by atoms with van der Waals surface area (Å²) < 4.78 is 21.6. The summed E-state index contributed by atoms with van der Waals surface area (Å²) >= 11 is 1.03. The Bertz CT molecular complexity index is 420. The van der Waals surface area contributed by atoms with E-state index in [9.17, 15) is 13.2 Å². The molecule has 1 rings (SSSR count). The Balaban J connectivity index is 2.87. The summed E-state index contributed by atoms with van der Waals surface area (Å²) in [6.45, 7) is 0. The van der Waals surface area contributed by atoms with Gasteiger partial charge in [0.1, 0.15) is 10.8 Å². The molecule has 0 atom stereocenters. The van der Waals surface area contributed by atoms with Crippen molar-refractivity contribution < 1.29 is 18.3 Å². The van der Waals surface area contributed by atoms with Crippen LogP contribution >= 0.6 is 11.3 Å². The van der Waals surface area contributed by atoms with Crippen LogP contribution in [0.2, 0.25) is 0 Å². The van der Waals surface area contributed by atoms with E-state index >= 15 is 0 Å². The maximum atomic E-state index is 10.8. The SMILES string of the molecule is CS(=O)(=O)Cc1nc(C(=O)O)cs1. The molecule has 0 fully saturated rings. The standard InChI is InChI=1S/C6H7NO4S2/c1-13(10,11)3-5-7-4(2-12-5)6(8)9/h2H,3H2,1H3,(H,8,9). The Hall–Kier alpha value is -0.950. The molecule has 0 aliphatic carbocycles. The molecule has 0 unspecified atom stereocenters. The molecule has 0 bridgehead atoms. The summed E-state index contributed by atoms with van der Waals surface area (Å²) in [5.41, 5.74) is -0.108. The predicted octanol–water partition coefficient (Wildman–Crippen LogP) is 0.386. The van der Waals surface area contributed by atoms with E-state index in [1.54, 1.807) is 0 Å². The molecule has 72 valence electrons. The Morgan fingerprint density at radius 2 is 2.31 bits per heavy atom. The van der Waals surface area contributed by atoms with Gasteiger partial charge < -0.3 is 5.11 Å². The van der Waals surface area contributed by atoms with Gasteiger partial charge in [-0.1, -0.05) is 0 Å². The minimum Gasteiger partial charge on any atom is -0.476 e. The van der Waals surface area contributed by atoms with Crippen molar-refractivity contribution in [2.45, 2.75) is 5.75 Å². The second kappa shape index (κ2) is 3.43. The van der Waals surface area contributed by atoms with Gasteiger partial charge in [-0.2, -0.15) is 0 Å². The largest absolute Gasteiger partial charge is 0.476 e. The number of thiazole rings is 1. The molecule has 7 heteroatoms. The smallest absolute Gasteiger partial charge is 0.355 e. The van der Waals surface area contributed by atoms with Crippen molar-refractivity contribution in [1.29, 1.82) is 0 Å². The van der Waals surface area contributed by atoms with Crippen molar-refractivity contribution in [3.05, 3.63) is 16.1 Å². The number of rotatable bonds is 3. The molecule has 0 spiro atoms. The zero-order valence-corrected chi connectivity index (χ0v) is 8.35. The first-order chi connectivity index (χ1) is 5.88. The van der Waals surface area contributed by atoms with Crippen molar-refractivity contribution in [3.63, 3.8) is 0 Å². The quantitative estimate of drug-likeness (QED) is 0.797. The minimum atomic E-state index is -3.13. The number of aromatic carboxylic acids is 1. The molecular weight excluding hydrogens is 214 g/mol. The van der Waals surface area contributed by atoms with Crippen LogP contribution in [-0.4, -0.2) is 30.7 Å². The van der Waals surface area contributed by atoms with Crippen molar-refractivity contribution >= 4 is 27.1 Å². The van der Waals surface area contributed by atoms with E-state index in [2.05, 4.69) is 4.98 Å². The topological polar surface area (TPSA) is 84.3 Å². The van der Waals surface area contributed by atoms with Crippen LogP contribution in [-0.2, 0) is 15.6 Å². The van der Waals surface area contributed by atoms with Crippen LogP contribution in [0.4, 0.5) is 0 Å². The monoisotopic (exact) mass is 221 g/mol. The fourth-order valence-corrected chi connectivity index (χ4v) is 2.68. The van der Waals surface area contributed by atoms with Crippen LogP contribution < -0.4 is 0 Å². The number of hydrogen-bond donors (Lipinski definition) is 1. The summed E-state index contributed by atoms with van der Waals surface area (Å²) in [6, 6.07) is 0. The van der Waals surface area contributed by atoms with Crippen LogP contribution in [0.5, 0.6) is 0 Å². The molecule has 0 amide bonds. The van der Waals surface area contributed by atoms with Crippen LogP contribution in [0.3, 0.4) is 0 Å². The van der Waals surface area contributed by atoms with E-state index in [0.717, 1.165) is 17.6 Å². The predicted molar refractivity (Wildman–Crippen MR) is 47.6 cm³/mol. The van der Waals surface area contributed by atoms with E-state index in [1.165, 1.54) is 5.38 Å². The van der Waals surface area contributed by atoms with E-state index in [-0.39, 0.29) is 11.4 Å². The third-order valence-electron chi connectivity index (χ3n) is 1.16. The number of carboxylic acids is 1. The third kappa shape index (κ3) is 3.11. The van der Waals surface area contributed by atoms with Gasteiger partial charge in [0, 0.05) is 11.6 Å². The first-order valence-electron chi connectivity index (χ1n) is 3.24. The lowest BCUT2D eigenvalue weighted by molar-refractivity contribution is 0.0691. The fourth-order valence-electron chi connectivity index (χ4n) is 0.700. The summed E-state index contributed by atoms with van der Waals surface area (Å²) in [5.74, 6) is -1.35. The average molecular weight is 221 g/mol. The summed E-state index contributed by atoms with van der Waals surface area (Å²) in [7, 11) is -3.13. The maximum absolute atomic E-state index is 10.8. The van der Waals surface area contributed by atoms with Gasteiger partial charge in [0.25, 0.3) is 0 Å². The van der Waals surface area contributed by atoms with Gasteiger partial charge in [-0.05, 0) is 0 Å². The van der Waals surface area contributed by atoms with Crippen LogP contribution in [0, 0.1) is 0 Å². The lowest BCUT2D eigenvalue weighted by Crippen LogP contribution is -2.02. The molecule has 1 heterocycles. The molecular formula is C6H7NO4S2. The highest BCUT2D eigenvalue weighted by Crippen LogP contribution is 2.12. The number of carboxylic acid groups (broad SMARTS) is 1. The molecule has 1 aromatic heterocycles. The molecule has 13 heavy (non-hydrogen) atoms. The van der Waals surface area contributed by atoms with Gasteiger partial charge in [-0.3, -0.25) is 0 Å². The van der Waals surface area contributed by atoms with Gasteiger partial charge in [0.2, 0.25) is 0 Å². The molecule has 0 saturated heterocycles. The van der Waals surface area contributed by atoms with Gasteiger partial charge >= 0.3 is 5.97 Å². The third-order valence-corrected chi connectivity index (χ3v) is 2.99. The van der Waals surface area contributed by atoms with Crippen molar-refractivity contribution in [2.75, 3.05) is 6.26 Å². The number of nitrogens with zero attached hydrogens (tertiary/aromatic N) is 1. The molecule has 0 saturated carbocycles. The number of sulfone groups is 1. The lowest BCUT2D eigenvalue weighted by Gasteiger charge is -1.90. The summed E-state index contributed by atoms with van der Waals surface area (Å²) in [5, 5.41) is 10.1. The van der Waals surface area contributed by atoms with E-state index in [0.29, 0.717) is 5.01 Å². The number of aromatic nitrogens is 1. The fraction of sp³-hybridized carbons (Fsp3) is 0.333. The Kier molecular flexibility index (Phi) is 2.67. The average Bonchev–Trinajstić information content (AvgIpc) is 2.31. The van der Waals surface area contributed by atoms with E-state index in [1.807, 2.05) is 0 Å². The minimum absolute atomic E-state index is 0.108. The molecule has 5 nitrogen and oxygen atoms in total. The Morgan fingerprint density at radius 1 is 1.69 bits per heavy atom. The van der Waals surface area contributed by atoms with Gasteiger partial charge in [0.15, 0.2) is 15.5 Å². The second-order valence-corrected chi connectivity index (χ2v) is 5.58. The Morgan fingerprint density at radius 3 is 2.69 bits per heavy atom. The van der Waals surface area contributed by atoms with Crippen LogP contribution in [0.1, 0.15) is 15.5 Å². The first kappa shape index (κ1) is 10.1. The maximum Gasteiger partial charge on any atom is 0.355 e. The van der Waals surface area contributed by atoms with Gasteiger partial charge in [0.05, 0.1) is 0 Å². The Labute approximate surface area is 79.0 Å². The van der Waals surface area contributed by atoms with E-state index < -0.39 is 15.8 Å². The molecule has 1 aromatic rings. The van der Waals surface area contributed by atoms with Gasteiger partial charge in [-0.25, -0.2) is 18.2 Å². The van der Waals surface area contributed by atoms with Crippen molar-refractivity contribution in [1.82, 2.24) is 4.98 Å². The molecule has 1 N–H and O–H groups in total. The van der Waals surface area contributed by atoms with Crippen molar-refractivity contribution in [3.8, 4) is 0 Å². The summed E-state index contributed by atoms with van der Waals surface area (Å²) in [4.78, 5) is 14.0. The zero-order valence-electron chi connectivity index (χ0n) is 6.72. The first-order valence-corrected chi connectivity index (χ1v) is 6.18. The molecule has 0 radical (unpaired) electrons.